The molecule has 1 saturated carbocycles. The molecule has 92 valence electrons. The van der Waals surface area contributed by atoms with Crippen molar-refractivity contribution in [2.45, 2.75) is 27.2 Å². The minimum absolute atomic E-state index is 0.149. The predicted octanol–water partition coefficient (Wildman–Crippen LogP) is 4.08. The van der Waals surface area contributed by atoms with E-state index in [2.05, 4.69) is 29.8 Å². The van der Waals surface area contributed by atoms with E-state index >= 15 is 0 Å². The van der Waals surface area contributed by atoms with Crippen molar-refractivity contribution in [3.63, 3.8) is 0 Å². The highest BCUT2D eigenvalue weighted by Gasteiger charge is 2.51. The predicted molar refractivity (Wildman–Crippen MR) is 71.5 cm³/mol. The van der Waals surface area contributed by atoms with Crippen LogP contribution in [-0.2, 0) is 0 Å². The Kier molecular flexibility index (Phi) is 3.30. The molecule has 1 fully saturated rings. The fourth-order valence-electron chi connectivity index (χ4n) is 2.08. The van der Waals surface area contributed by atoms with Crippen LogP contribution in [0.25, 0.3) is 0 Å². The summed E-state index contributed by atoms with van der Waals surface area (Å²) >= 11 is 3.41. The number of hydrogen-bond acceptors (Lipinski definition) is 2. The summed E-state index contributed by atoms with van der Waals surface area (Å²) in [6.45, 7) is 6.77. The summed E-state index contributed by atoms with van der Waals surface area (Å²) in [7, 11) is 0. The fraction of sp³-hybridized carbons (Fsp3) is 0.500. The molecule has 2 nitrogen and oxygen atoms in total. The van der Waals surface area contributed by atoms with Gasteiger partial charge in [-0.15, -0.1) is 0 Å². The van der Waals surface area contributed by atoms with Crippen molar-refractivity contribution in [3.05, 3.63) is 28.2 Å². The van der Waals surface area contributed by atoms with Gasteiger partial charge in [-0.25, -0.2) is 0 Å². The number of benzene rings is 1. The molecule has 1 unspecified atom stereocenters. The van der Waals surface area contributed by atoms with Crippen molar-refractivity contribution in [2.24, 2.45) is 11.3 Å². The van der Waals surface area contributed by atoms with Gasteiger partial charge in [0.05, 0.1) is 12.2 Å². The van der Waals surface area contributed by atoms with E-state index in [0.29, 0.717) is 17.9 Å². The van der Waals surface area contributed by atoms with Crippen molar-refractivity contribution in [1.29, 1.82) is 0 Å². The number of halogens is 1. The highest BCUT2D eigenvalue weighted by molar-refractivity contribution is 9.10. The van der Waals surface area contributed by atoms with Gasteiger partial charge in [0.1, 0.15) is 5.75 Å². The lowest BCUT2D eigenvalue weighted by atomic mass is 10.0. The summed E-state index contributed by atoms with van der Waals surface area (Å²) in [4.78, 5) is 12.4. The Hall–Kier alpha value is -0.830. The molecule has 1 aromatic carbocycles. The van der Waals surface area contributed by atoms with Gasteiger partial charge >= 0.3 is 0 Å². The molecule has 0 N–H and O–H groups in total. The van der Waals surface area contributed by atoms with E-state index in [-0.39, 0.29) is 17.1 Å². The second kappa shape index (κ2) is 4.45. The smallest absolute Gasteiger partial charge is 0.170 e. The van der Waals surface area contributed by atoms with Gasteiger partial charge in [-0.3, -0.25) is 4.79 Å². The highest BCUT2D eigenvalue weighted by atomic mass is 79.9. The Labute approximate surface area is 110 Å². The molecule has 0 saturated heterocycles. The third-order valence-electron chi connectivity index (χ3n) is 3.34. The molecule has 0 amide bonds. The maximum absolute atomic E-state index is 12.4. The second-order valence-electron chi connectivity index (χ2n) is 5.18. The largest absolute Gasteiger partial charge is 0.493 e. The van der Waals surface area contributed by atoms with Gasteiger partial charge in [-0.1, -0.05) is 29.8 Å². The summed E-state index contributed by atoms with van der Waals surface area (Å²) in [5, 5.41) is 0. The van der Waals surface area contributed by atoms with E-state index in [1.54, 1.807) is 0 Å². The summed E-state index contributed by atoms with van der Waals surface area (Å²) < 4.78 is 6.44. The zero-order valence-electron chi connectivity index (χ0n) is 10.4. The lowest BCUT2D eigenvalue weighted by molar-refractivity contribution is 0.0949. The third-order valence-corrected chi connectivity index (χ3v) is 3.83. The van der Waals surface area contributed by atoms with E-state index in [1.807, 2.05) is 25.1 Å². The second-order valence-corrected chi connectivity index (χ2v) is 6.10. The normalized spacial score (nSPS) is 21.1. The van der Waals surface area contributed by atoms with Crippen LogP contribution in [0.1, 0.15) is 37.6 Å². The number of hydrogen-bond donors (Lipinski definition) is 0. The SMILES string of the molecule is CCOc1ccc(Br)cc1C(=O)C1CC1(C)C. The summed E-state index contributed by atoms with van der Waals surface area (Å²) in [6.07, 6.45) is 0.976. The van der Waals surface area contributed by atoms with Crippen LogP contribution in [0.15, 0.2) is 22.7 Å². The first-order valence-corrected chi connectivity index (χ1v) is 6.71. The number of rotatable bonds is 4. The number of ketones is 1. The molecular formula is C14H17BrO2. The quantitative estimate of drug-likeness (QED) is 0.783. The monoisotopic (exact) mass is 296 g/mol. The third kappa shape index (κ3) is 2.54. The van der Waals surface area contributed by atoms with Gasteiger partial charge < -0.3 is 4.74 Å². The molecule has 1 aliphatic carbocycles. The minimum atomic E-state index is 0.149. The molecule has 1 aliphatic rings. The number of ether oxygens (including phenoxy) is 1. The van der Waals surface area contributed by atoms with Crippen LogP contribution in [0.5, 0.6) is 5.75 Å². The molecule has 3 heteroatoms. The Bertz CT molecular complexity index is 452. The summed E-state index contributed by atoms with van der Waals surface area (Å²) in [5.41, 5.74) is 0.861. The summed E-state index contributed by atoms with van der Waals surface area (Å²) in [5.74, 6) is 1.05. The lowest BCUT2D eigenvalue weighted by Gasteiger charge is -2.10. The van der Waals surface area contributed by atoms with Crippen LogP contribution < -0.4 is 4.74 Å². The zero-order chi connectivity index (χ0) is 12.6. The van der Waals surface area contributed by atoms with Crippen molar-refractivity contribution >= 4 is 21.7 Å². The molecule has 0 heterocycles. The molecule has 0 bridgehead atoms. The Morgan fingerprint density at radius 2 is 2.18 bits per heavy atom. The number of Topliss-reactive ketones (excluding diaryl/α,β-unsaturated/α-hetero) is 1. The topological polar surface area (TPSA) is 26.3 Å². The average Bonchev–Trinajstić information content (AvgIpc) is 2.90. The molecule has 0 aliphatic heterocycles. The molecular weight excluding hydrogens is 280 g/mol. The average molecular weight is 297 g/mol. The lowest BCUT2D eigenvalue weighted by Crippen LogP contribution is -2.09. The Balaban J connectivity index is 2.30. The Morgan fingerprint density at radius 3 is 2.71 bits per heavy atom. The number of carbonyl (C=O) groups is 1. The molecule has 0 spiro atoms. The van der Waals surface area contributed by atoms with E-state index in [9.17, 15) is 4.79 Å². The first-order valence-electron chi connectivity index (χ1n) is 5.92. The van der Waals surface area contributed by atoms with Gasteiger partial charge in [-0.2, -0.15) is 0 Å². The molecule has 0 radical (unpaired) electrons. The maximum atomic E-state index is 12.4. The first-order chi connectivity index (χ1) is 7.95. The molecule has 1 aromatic rings. The van der Waals surface area contributed by atoms with Crippen molar-refractivity contribution in [3.8, 4) is 5.75 Å². The minimum Gasteiger partial charge on any atom is -0.493 e. The van der Waals surface area contributed by atoms with Crippen LogP contribution in [-0.4, -0.2) is 12.4 Å². The zero-order valence-corrected chi connectivity index (χ0v) is 12.0. The van der Waals surface area contributed by atoms with Gasteiger partial charge in [-0.05, 0) is 37.0 Å². The molecule has 17 heavy (non-hydrogen) atoms. The van der Waals surface area contributed by atoms with Crippen LogP contribution in [0.3, 0.4) is 0 Å². The van der Waals surface area contributed by atoms with Crippen molar-refractivity contribution in [2.75, 3.05) is 6.61 Å². The van der Waals surface area contributed by atoms with Gasteiger partial charge in [0, 0.05) is 10.4 Å². The standard InChI is InChI=1S/C14H17BrO2/c1-4-17-12-6-5-9(15)7-10(12)13(16)11-8-14(11,2)3/h5-7,11H,4,8H2,1-3H3. The maximum Gasteiger partial charge on any atom is 0.170 e. The van der Waals surface area contributed by atoms with E-state index in [4.69, 9.17) is 4.74 Å². The van der Waals surface area contributed by atoms with E-state index in [1.165, 1.54) is 0 Å². The van der Waals surface area contributed by atoms with Crippen LogP contribution in [0.4, 0.5) is 0 Å². The van der Waals surface area contributed by atoms with Crippen molar-refractivity contribution in [1.82, 2.24) is 0 Å². The van der Waals surface area contributed by atoms with Gasteiger partial charge in [0.25, 0.3) is 0 Å². The van der Waals surface area contributed by atoms with Crippen LogP contribution >= 0.6 is 15.9 Å². The Morgan fingerprint density at radius 1 is 1.53 bits per heavy atom. The van der Waals surface area contributed by atoms with Gasteiger partial charge in [0.15, 0.2) is 5.78 Å². The molecule has 2 rings (SSSR count). The van der Waals surface area contributed by atoms with E-state index in [0.717, 1.165) is 10.9 Å². The fourth-order valence-corrected chi connectivity index (χ4v) is 2.44. The van der Waals surface area contributed by atoms with Crippen LogP contribution in [0.2, 0.25) is 0 Å². The van der Waals surface area contributed by atoms with E-state index < -0.39 is 0 Å². The summed E-state index contributed by atoms with van der Waals surface area (Å²) in [6, 6.07) is 5.62. The van der Waals surface area contributed by atoms with Crippen molar-refractivity contribution < 1.29 is 9.53 Å². The molecule has 0 aromatic heterocycles. The number of carbonyl (C=O) groups excluding carboxylic acids is 1. The van der Waals surface area contributed by atoms with Gasteiger partial charge in [0.2, 0.25) is 0 Å². The first kappa shape index (κ1) is 12.6. The van der Waals surface area contributed by atoms with Crippen LogP contribution in [0, 0.1) is 11.3 Å². The molecule has 1 atom stereocenters. The highest BCUT2D eigenvalue weighted by Crippen LogP contribution is 2.53.